The van der Waals surface area contributed by atoms with Crippen LogP contribution in [0.4, 0.5) is 17.1 Å². The van der Waals surface area contributed by atoms with Crippen LogP contribution in [0.15, 0.2) is 69.1 Å². The molecule has 11 nitrogen and oxygen atoms in total. The highest BCUT2D eigenvalue weighted by molar-refractivity contribution is 9.10. The van der Waals surface area contributed by atoms with E-state index in [-0.39, 0.29) is 27.3 Å². The number of hydrogen-bond donors (Lipinski definition) is 1. The number of nitriles is 1. The summed E-state index contributed by atoms with van der Waals surface area (Å²) in [5.41, 5.74) is -0.389. The van der Waals surface area contributed by atoms with E-state index in [1.54, 1.807) is 24.3 Å². The Hall–Kier alpha value is -4.28. The second-order valence-electron chi connectivity index (χ2n) is 6.94. The van der Waals surface area contributed by atoms with Crippen molar-refractivity contribution >= 4 is 60.9 Å². The van der Waals surface area contributed by atoms with Crippen LogP contribution < -0.4 is 14.8 Å². The van der Waals surface area contributed by atoms with E-state index in [0.29, 0.717) is 11.3 Å². The Bertz CT molecular complexity index is 1450. The summed E-state index contributed by atoms with van der Waals surface area (Å²) in [6.07, 6.45) is 1.33. The van der Waals surface area contributed by atoms with Crippen molar-refractivity contribution in [3.05, 3.63) is 94.9 Å². The zero-order chi connectivity index (χ0) is 26.4. The lowest BCUT2D eigenvalue weighted by Gasteiger charge is -2.13. The van der Waals surface area contributed by atoms with Gasteiger partial charge in [0.05, 0.1) is 27.5 Å². The SMILES string of the molecule is COc1cc(/C=C(/C#N)C(=O)Nc2cccc(Br)c2)cc(Br)c1Oc1ccc([N+](=O)[O-])cc1[N+](=O)[O-]. The molecule has 36 heavy (non-hydrogen) atoms. The second-order valence-corrected chi connectivity index (χ2v) is 8.71. The molecule has 0 aliphatic carbocycles. The van der Waals surface area contributed by atoms with Gasteiger partial charge in [-0.15, -0.1) is 0 Å². The standard InChI is InChI=1S/C23H14Br2N4O7/c1-35-21-9-13(7-14(12-26)23(30)27-16-4-2-3-15(24)10-16)8-18(25)22(21)36-20-6-5-17(28(31)32)11-19(20)29(33)34/h2-11H,1H3,(H,27,30)/b14-7-. The summed E-state index contributed by atoms with van der Waals surface area (Å²) in [5.74, 6) is -0.719. The average Bonchev–Trinajstić information content (AvgIpc) is 2.83. The van der Waals surface area contributed by atoms with E-state index < -0.39 is 27.1 Å². The van der Waals surface area contributed by atoms with Crippen molar-refractivity contribution < 1.29 is 24.1 Å². The lowest BCUT2D eigenvalue weighted by Crippen LogP contribution is -2.13. The van der Waals surface area contributed by atoms with Gasteiger partial charge in [0.15, 0.2) is 11.5 Å². The Kier molecular flexibility index (Phi) is 8.36. The number of nitro groups is 2. The molecule has 182 valence electrons. The van der Waals surface area contributed by atoms with Gasteiger partial charge in [-0.25, -0.2) is 0 Å². The predicted molar refractivity (Wildman–Crippen MR) is 137 cm³/mol. The molecule has 0 aromatic heterocycles. The van der Waals surface area contributed by atoms with Crippen molar-refractivity contribution in [2.75, 3.05) is 12.4 Å². The number of halogens is 2. The third kappa shape index (κ3) is 6.23. The number of carbonyl (C=O) groups excluding carboxylic acids is 1. The first-order chi connectivity index (χ1) is 17.1. The van der Waals surface area contributed by atoms with Crippen LogP contribution in [0.3, 0.4) is 0 Å². The third-order valence-corrected chi connectivity index (χ3v) is 5.65. The largest absolute Gasteiger partial charge is 0.493 e. The summed E-state index contributed by atoms with van der Waals surface area (Å²) in [5, 5.41) is 34.5. The minimum Gasteiger partial charge on any atom is -0.493 e. The predicted octanol–water partition coefficient (Wildman–Crippen LogP) is 6.37. The van der Waals surface area contributed by atoms with E-state index in [1.807, 2.05) is 6.07 Å². The molecule has 0 spiro atoms. The van der Waals surface area contributed by atoms with Crippen LogP contribution in [0.5, 0.6) is 17.2 Å². The second kappa shape index (κ2) is 11.4. The van der Waals surface area contributed by atoms with Crippen molar-refractivity contribution in [3.8, 4) is 23.3 Å². The maximum atomic E-state index is 12.6. The molecule has 1 N–H and O–H groups in total. The monoisotopic (exact) mass is 616 g/mol. The van der Waals surface area contributed by atoms with Gasteiger partial charge in [0.25, 0.3) is 11.6 Å². The molecule has 3 aromatic rings. The molecule has 3 rings (SSSR count). The fourth-order valence-electron chi connectivity index (χ4n) is 2.96. The maximum Gasteiger partial charge on any atom is 0.318 e. The number of anilines is 1. The molecule has 0 radical (unpaired) electrons. The summed E-state index contributed by atoms with van der Waals surface area (Å²) in [7, 11) is 1.33. The minimum absolute atomic E-state index is 0.0451. The number of nitro benzene ring substituents is 2. The highest BCUT2D eigenvalue weighted by Crippen LogP contribution is 2.43. The van der Waals surface area contributed by atoms with Gasteiger partial charge >= 0.3 is 5.69 Å². The van der Waals surface area contributed by atoms with Crippen LogP contribution in [0.1, 0.15) is 5.56 Å². The third-order valence-electron chi connectivity index (χ3n) is 4.57. The van der Waals surface area contributed by atoms with Crippen LogP contribution in [0.2, 0.25) is 0 Å². The van der Waals surface area contributed by atoms with Crippen LogP contribution in [0, 0.1) is 31.6 Å². The van der Waals surface area contributed by atoms with Crippen LogP contribution in [0.25, 0.3) is 6.08 Å². The molecular formula is C23H14Br2N4O7. The fraction of sp³-hybridized carbons (Fsp3) is 0.0435. The molecule has 0 bridgehead atoms. The summed E-state index contributed by atoms with van der Waals surface area (Å²) in [6, 6.07) is 14.6. The highest BCUT2D eigenvalue weighted by Gasteiger charge is 2.23. The lowest BCUT2D eigenvalue weighted by molar-refractivity contribution is -0.394. The number of non-ortho nitro benzene ring substituents is 1. The van der Waals surface area contributed by atoms with Gasteiger partial charge < -0.3 is 14.8 Å². The van der Waals surface area contributed by atoms with Gasteiger partial charge in [-0.05, 0) is 64.0 Å². The molecule has 0 aliphatic rings. The Morgan fingerprint density at radius 2 is 1.81 bits per heavy atom. The Morgan fingerprint density at radius 3 is 2.42 bits per heavy atom. The van der Waals surface area contributed by atoms with Gasteiger partial charge in [-0.1, -0.05) is 22.0 Å². The number of carbonyl (C=O) groups is 1. The average molecular weight is 618 g/mol. The van der Waals surface area contributed by atoms with Gasteiger partial charge in [0.1, 0.15) is 11.6 Å². The first-order valence-corrected chi connectivity index (χ1v) is 11.4. The molecule has 3 aromatic carbocycles. The van der Waals surface area contributed by atoms with E-state index in [9.17, 15) is 30.3 Å². The van der Waals surface area contributed by atoms with Gasteiger partial charge in [0.2, 0.25) is 5.75 Å². The number of nitrogens with zero attached hydrogens (tertiary/aromatic N) is 3. The van der Waals surface area contributed by atoms with Crippen LogP contribution in [-0.2, 0) is 4.79 Å². The summed E-state index contributed by atoms with van der Waals surface area (Å²) >= 11 is 6.61. The maximum absolute atomic E-state index is 12.6. The quantitative estimate of drug-likeness (QED) is 0.132. The Balaban J connectivity index is 1.95. The summed E-state index contributed by atoms with van der Waals surface area (Å²) < 4.78 is 12.0. The Labute approximate surface area is 220 Å². The van der Waals surface area contributed by atoms with Crippen molar-refractivity contribution in [2.45, 2.75) is 0 Å². The van der Waals surface area contributed by atoms with Crippen LogP contribution >= 0.6 is 31.9 Å². The molecule has 0 aliphatic heterocycles. The first-order valence-electron chi connectivity index (χ1n) is 9.80. The van der Waals surface area contributed by atoms with E-state index >= 15 is 0 Å². The fourth-order valence-corrected chi connectivity index (χ4v) is 3.90. The number of amides is 1. The normalized spacial score (nSPS) is 10.8. The van der Waals surface area contributed by atoms with Crippen LogP contribution in [-0.4, -0.2) is 22.9 Å². The number of rotatable bonds is 8. The zero-order valence-corrected chi connectivity index (χ0v) is 21.4. The molecule has 0 unspecified atom stereocenters. The lowest BCUT2D eigenvalue weighted by atomic mass is 10.1. The summed E-state index contributed by atoms with van der Waals surface area (Å²) in [4.78, 5) is 33.4. The zero-order valence-electron chi connectivity index (χ0n) is 18.2. The molecule has 0 heterocycles. The molecule has 0 saturated carbocycles. The molecular weight excluding hydrogens is 604 g/mol. The minimum atomic E-state index is -0.803. The van der Waals surface area contributed by atoms with Crippen molar-refractivity contribution in [3.63, 3.8) is 0 Å². The van der Waals surface area contributed by atoms with Crippen molar-refractivity contribution in [1.82, 2.24) is 0 Å². The van der Waals surface area contributed by atoms with E-state index in [1.165, 1.54) is 25.3 Å². The molecule has 0 fully saturated rings. The highest BCUT2D eigenvalue weighted by atomic mass is 79.9. The van der Waals surface area contributed by atoms with Crippen molar-refractivity contribution in [1.29, 1.82) is 5.26 Å². The van der Waals surface area contributed by atoms with E-state index in [2.05, 4.69) is 37.2 Å². The number of nitrogens with one attached hydrogen (secondary N) is 1. The smallest absolute Gasteiger partial charge is 0.318 e. The number of ether oxygens (including phenoxy) is 2. The molecule has 1 amide bonds. The van der Waals surface area contributed by atoms with Gasteiger partial charge in [0, 0.05) is 16.2 Å². The van der Waals surface area contributed by atoms with Gasteiger partial charge in [-0.3, -0.25) is 25.0 Å². The van der Waals surface area contributed by atoms with Crippen molar-refractivity contribution in [2.24, 2.45) is 0 Å². The molecule has 0 atom stereocenters. The van der Waals surface area contributed by atoms with E-state index in [4.69, 9.17) is 9.47 Å². The number of benzene rings is 3. The summed E-state index contributed by atoms with van der Waals surface area (Å²) in [6.45, 7) is 0. The number of hydrogen-bond acceptors (Lipinski definition) is 8. The van der Waals surface area contributed by atoms with Gasteiger partial charge in [-0.2, -0.15) is 5.26 Å². The Morgan fingerprint density at radius 1 is 1.06 bits per heavy atom. The topological polar surface area (TPSA) is 158 Å². The number of methoxy groups -OCH3 is 1. The van der Waals surface area contributed by atoms with E-state index in [0.717, 1.165) is 22.7 Å². The first kappa shape index (κ1) is 26.3. The molecule has 0 saturated heterocycles. The molecule has 13 heteroatoms.